The summed E-state index contributed by atoms with van der Waals surface area (Å²) in [7, 11) is 6.02. The molecule has 1 atom stereocenters. The van der Waals surface area contributed by atoms with Crippen molar-refractivity contribution in [1.82, 2.24) is 19.8 Å². The van der Waals surface area contributed by atoms with Crippen molar-refractivity contribution in [2.75, 3.05) is 45.7 Å². The first-order valence-corrected chi connectivity index (χ1v) is 11.0. The molecule has 9 heteroatoms. The van der Waals surface area contributed by atoms with Gasteiger partial charge in [0.2, 0.25) is 0 Å². The Kier molecular flexibility index (Phi) is 6.55. The maximum absolute atomic E-state index is 13.9. The fourth-order valence-electron chi connectivity index (χ4n) is 4.38. The summed E-state index contributed by atoms with van der Waals surface area (Å²) in [5, 5.41) is 0. The van der Waals surface area contributed by atoms with E-state index >= 15 is 0 Å². The number of anilines is 1. The smallest absolute Gasteiger partial charge is 0.261 e. The van der Waals surface area contributed by atoms with Gasteiger partial charge in [-0.05, 0) is 38.4 Å². The van der Waals surface area contributed by atoms with Crippen molar-refractivity contribution in [3.05, 3.63) is 46.9 Å². The quantitative estimate of drug-likeness (QED) is 0.705. The number of likely N-dealkylation sites (tertiary alicyclic amines) is 1. The van der Waals surface area contributed by atoms with Gasteiger partial charge in [-0.2, -0.15) is 0 Å². The highest BCUT2D eigenvalue weighted by Gasteiger charge is 2.32. The molecule has 172 valence electrons. The number of piperidine rings is 1. The van der Waals surface area contributed by atoms with Gasteiger partial charge in [-0.15, -0.1) is 0 Å². The van der Waals surface area contributed by atoms with Crippen LogP contribution in [0.1, 0.15) is 42.4 Å². The molecule has 1 amide bonds. The van der Waals surface area contributed by atoms with Crippen LogP contribution in [0.4, 0.5) is 14.6 Å². The largest absolute Gasteiger partial charge is 0.481 e. The predicted molar refractivity (Wildman–Crippen MR) is 117 cm³/mol. The molecular weight excluding hydrogens is 416 g/mol. The summed E-state index contributed by atoms with van der Waals surface area (Å²) in [5.74, 6) is -0.378. The molecule has 2 aliphatic rings. The zero-order valence-corrected chi connectivity index (χ0v) is 18.8. The molecular formula is C23H29F2N5O2. The van der Waals surface area contributed by atoms with Crippen molar-refractivity contribution in [1.29, 1.82) is 0 Å². The summed E-state index contributed by atoms with van der Waals surface area (Å²) in [6, 6.07) is 2.79. The zero-order chi connectivity index (χ0) is 22.8. The van der Waals surface area contributed by atoms with E-state index in [1.54, 1.807) is 4.90 Å². The maximum Gasteiger partial charge on any atom is 0.261 e. The summed E-state index contributed by atoms with van der Waals surface area (Å²) >= 11 is 0. The molecule has 0 saturated carbocycles. The van der Waals surface area contributed by atoms with Gasteiger partial charge in [0.1, 0.15) is 11.6 Å². The van der Waals surface area contributed by atoms with Crippen LogP contribution < -0.4 is 9.64 Å². The second-order valence-corrected chi connectivity index (χ2v) is 8.68. The number of hydrogen-bond donors (Lipinski definition) is 0. The first kappa shape index (κ1) is 22.4. The lowest BCUT2D eigenvalue weighted by Crippen LogP contribution is -2.42. The number of amides is 1. The topological polar surface area (TPSA) is 61.8 Å². The Labute approximate surface area is 187 Å². The molecule has 0 bridgehead atoms. The summed E-state index contributed by atoms with van der Waals surface area (Å²) in [4.78, 5) is 28.8. The van der Waals surface area contributed by atoms with Crippen LogP contribution in [0.5, 0.6) is 5.75 Å². The molecule has 2 aromatic rings. The van der Waals surface area contributed by atoms with E-state index in [0.29, 0.717) is 12.4 Å². The van der Waals surface area contributed by atoms with E-state index in [2.05, 4.69) is 11.9 Å². The fourth-order valence-corrected chi connectivity index (χ4v) is 4.38. The summed E-state index contributed by atoms with van der Waals surface area (Å²) in [6.07, 6.45) is 3.46. The third-order valence-corrected chi connectivity index (χ3v) is 6.04. The van der Waals surface area contributed by atoms with E-state index in [9.17, 15) is 13.6 Å². The van der Waals surface area contributed by atoms with Gasteiger partial charge in [-0.1, -0.05) is 0 Å². The number of hydrogen-bond acceptors (Lipinski definition) is 6. The molecule has 1 aromatic heterocycles. The third kappa shape index (κ3) is 4.67. The predicted octanol–water partition coefficient (Wildman–Crippen LogP) is 2.94. The van der Waals surface area contributed by atoms with E-state index in [-0.39, 0.29) is 24.3 Å². The van der Waals surface area contributed by atoms with Crippen molar-refractivity contribution >= 4 is 11.7 Å². The van der Waals surface area contributed by atoms with Gasteiger partial charge in [-0.25, -0.2) is 18.7 Å². The molecule has 3 heterocycles. The highest BCUT2D eigenvalue weighted by molar-refractivity contribution is 5.78. The summed E-state index contributed by atoms with van der Waals surface area (Å²) < 4.78 is 32.4. The van der Waals surface area contributed by atoms with Gasteiger partial charge < -0.3 is 19.4 Å². The Morgan fingerprint density at radius 3 is 2.78 bits per heavy atom. The SMILES string of the molecule is CN1CCc2nc([C@@H]3CCCCN3C(=O)COc3ccc(F)cc3F)nc(N(C)C)c2C1. The number of carbonyl (C=O) groups is 1. The first-order chi connectivity index (χ1) is 15.3. The number of aromatic nitrogens is 2. The highest BCUT2D eigenvalue weighted by Crippen LogP contribution is 2.33. The van der Waals surface area contributed by atoms with E-state index < -0.39 is 11.6 Å². The second kappa shape index (κ2) is 9.36. The van der Waals surface area contributed by atoms with Gasteiger partial charge in [0.15, 0.2) is 24.0 Å². The number of carbonyl (C=O) groups excluding carboxylic acids is 1. The first-order valence-electron chi connectivity index (χ1n) is 11.0. The molecule has 4 rings (SSSR count). The molecule has 1 fully saturated rings. The molecule has 1 aromatic carbocycles. The lowest BCUT2D eigenvalue weighted by molar-refractivity contribution is -0.137. The van der Waals surface area contributed by atoms with Crippen molar-refractivity contribution in [3.63, 3.8) is 0 Å². The lowest BCUT2D eigenvalue weighted by Gasteiger charge is -2.36. The minimum Gasteiger partial charge on any atom is -0.481 e. The number of fused-ring (bicyclic) bond motifs is 1. The monoisotopic (exact) mass is 445 g/mol. The van der Waals surface area contributed by atoms with Gasteiger partial charge >= 0.3 is 0 Å². The van der Waals surface area contributed by atoms with Crippen LogP contribution in [-0.2, 0) is 17.8 Å². The minimum absolute atomic E-state index is 0.141. The molecule has 32 heavy (non-hydrogen) atoms. The van der Waals surface area contributed by atoms with Crippen LogP contribution in [0.15, 0.2) is 18.2 Å². The molecule has 0 aliphatic carbocycles. The molecule has 0 N–H and O–H groups in total. The Hall–Kier alpha value is -2.81. The molecule has 7 nitrogen and oxygen atoms in total. The number of nitrogens with zero attached hydrogens (tertiary/aromatic N) is 5. The van der Waals surface area contributed by atoms with E-state index in [1.807, 2.05) is 19.0 Å². The number of likely N-dealkylation sites (N-methyl/N-ethyl adjacent to an activating group) is 1. The number of ether oxygens (including phenoxy) is 1. The van der Waals surface area contributed by atoms with Gasteiger partial charge in [0.05, 0.1) is 11.7 Å². The number of halogens is 2. The molecule has 0 radical (unpaired) electrons. The van der Waals surface area contributed by atoms with Crippen LogP contribution >= 0.6 is 0 Å². The Morgan fingerprint density at radius 1 is 1.22 bits per heavy atom. The fraction of sp³-hybridized carbons (Fsp3) is 0.522. The van der Waals surface area contributed by atoms with Crippen molar-refractivity contribution in [2.24, 2.45) is 0 Å². The number of rotatable bonds is 5. The second-order valence-electron chi connectivity index (χ2n) is 8.68. The average Bonchev–Trinajstić information content (AvgIpc) is 2.77. The van der Waals surface area contributed by atoms with Gasteiger partial charge in [-0.3, -0.25) is 4.79 Å². The highest BCUT2D eigenvalue weighted by atomic mass is 19.1. The van der Waals surface area contributed by atoms with Crippen LogP contribution in [0.25, 0.3) is 0 Å². The zero-order valence-electron chi connectivity index (χ0n) is 18.8. The molecule has 0 unspecified atom stereocenters. The van der Waals surface area contributed by atoms with E-state index in [4.69, 9.17) is 14.7 Å². The lowest BCUT2D eigenvalue weighted by atomic mass is 10.00. The van der Waals surface area contributed by atoms with Crippen LogP contribution in [-0.4, -0.2) is 66.5 Å². The van der Waals surface area contributed by atoms with Crippen molar-refractivity contribution in [2.45, 2.75) is 38.3 Å². The summed E-state index contributed by atoms with van der Waals surface area (Å²) in [5.41, 5.74) is 2.18. The van der Waals surface area contributed by atoms with Crippen molar-refractivity contribution < 1.29 is 18.3 Å². The molecule has 0 spiro atoms. The maximum atomic E-state index is 13.9. The minimum atomic E-state index is -0.827. The van der Waals surface area contributed by atoms with Gasteiger partial charge in [0.25, 0.3) is 5.91 Å². The average molecular weight is 446 g/mol. The number of benzene rings is 1. The van der Waals surface area contributed by atoms with E-state index in [1.165, 1.54) is 6.07 Å². The van der Waals surface area contributed by atoms with Crippen molar-refractivity contribution in [3.8, 4) is 5.75 Å². The van der Waals surface area contributed by atoms with Crippen LogP contribution in [0.2, 0.25) is 0 Å². The molecule has 2 aliphatic heterocycles. The standard InChI is InChI=1S/C23H29F2N5O2/c1-28(2)23-16-13-29(3)11-9-18(16)26-22(27-23)19-6-4-5-10-30(19)21(31)14-32-20-8-7-15(24)12-17(20)25/h7-8,12,19H,4-6,9-11,13-14H2,1-3H3/t19-/m0/s1. The molecule has 1 saturated heterocycles. The Balaban J connectivity index is 1.56. The third-order valence-electron chi connectivity index (χ3n) is 6.04. The summed E-state index contributed by atoms with van der Waals surface area (Å²) in [6.45, 7) is 1.97. The van der Waals surface area contributed by atoms with Crippen LogP contribution in [0, 0.1) is 11.6 Å². The Morgan fingerprint density at radius 2 is 2.03 bits per heavy atom. The van der Waals surface area contributed by atoms with Crippen LogP contribution in [0.3, 0.4) is 0 Å². The normalized spacial score (nSPS) is 18.9. The van der Waals surface area contributed by atoms with Gasteiger partial charge in [0, 0.05) is 51.8 Å². The Bertz CT molecular complexity index is 1000. The van der Waals surface area contributed by atoms with E-state index in [0.717, 1.165) is 68.0 Å².